The number of amides is 2. The van der Waals surface area contributed by atoms with E-state index in [0.29, 0.717) is 11.6 Å². The molecule has 1 unspecified atom stereocenters. The number of imide groups is 1. The summed E-state index contributed by atoms with van der Waals surface area (Å²) in [7, 11) is 1.91. The molecule has 0 saturated carbocycles. The number of carbonyl (C=O) groups is 2. The lowest BCUT2D eigenvalue weighted by atomic mass is 10.2. The average molecular weight is 261 g/mol. The molecule has 5 nitrogen and oxygen atoms in total. The fourth-order valence-corrected chi connectivity index (χ4v) is 2.20. The van der Waals surface area contributed by atoms with Gasteiger partial charge in [0.1, 0.15) is 0 Å². The number of nitrogens with one attached hydrogen (secondary N) is 2. The van der Waals surface area contributed by atoms with Crippen LogP contribution in [-0.2, 0) is 4.79 Å². The Labute approximate surface area is 113 Å². The maximum atomic E-state index is 11.8. The maximum Gasteiger partial charge on any atom is 0.257 e. The maximum absolute atomic E-state index is 11.8. The van der Waals surface area contributed by atoms with Gasteiger partial charge in [-0.1, -0.05) is 18.2 Å². The molecule has 1 aromatic rings. The molecule has 1 aliphatic rings. The molecule has 1 aliphatic heterocycles. The van der Waals surface area contributed by atoms with Gasteiger partial charge in [0, 0.05) is 18.2 Å². The van der Waals surface area contributed by atoms with E-state index >= 15 is 0 Å². The minimum Gasteiger partial charge on any atom is -0.315 e. The van der Waals surface area contributed by atoms with Crippen LogP contribution in [0.5, 0.6) is 0 Å². The number of hydrogen-bond donors (Lipinski definition) is 2. The van der Waals surface area contributed by atoms with E-state index in [4.69, 9.17) is 0 Å². The molecular weight excluding hydrogens is 242 g/mol. The zero-order valence-electron chi connectivity index (χ0n) is 11.1. The van der Waals surface area contributed by atoms with Crippen molar-refractivity contribution >= 4 is 11.8 Å². The molecule has 1 saturated heterocycles. The third kappa shape index (κ3) is 3.87. The highest BCUT2D eigenvalue weighted by atomic mass is 16.2. The van der Waals surface area contributed by atoms with Gasteiger partial charge in [-0.25, -0.2) is 0 Å². The summed E-state index contributed by atoms with van der Waals surface area (Å²) in [5.74, 6) is -0.605. The zero-order chi connectivity index (χ0) is 13.7. The van der Waals surface area contributed by atoms with E-state index in [1.165, 1.54) is 0 Å². The first kappa shape index (κ1) is 13.7. The SMILES string of the molecule is CN(CC(=O)NC(=O)c1ccccc1)C1CCNC1. The summed E-state index contributed by atoms with van der Waals surface area (Å²) < 4.78 is 0. The topological polar surface area (TPSA) is 61.4 Å². The predicted octanol–water partition coefficient (Wildman–Crippen LogP) is 0.237. The predicted molar refractivity (Wildman–Crippen MR) is 72.8 cm³/mol. The van der Waals surface area contributed by atoms with Gasteiger partial charge in [-0.05, 0) is 32.1 Å². The highest BCUT2D eigenvalue weighted by Gasteiger charge is 2.21. The van der Waals surface area contributed by atoms with Gasteiger partial charge in [-0.15, -0.1) is 0 Å². The summed E-state index contributed by atoms with van der Waals surface area (Å²) >= 11 is 0. The lowest BCUT2D eigenvalue weighted by Crippen LogP contribution is -2.43. The van der Waals surface area contributed by atoms with E-state index < -0.39 is 0 Å². The van der Waals surface area contributed by atoms with Gasteiger partial charge in [-0.3, -0.25) is 19.8 Å². The lowest BCUT2D eigenvalue weighted by Gasteiger charge is -2.22. The minimum absolute atomic E-state index is 0.241. The Bertz CT molecular complexity index is 441. The van der Waals surface area contributed by atoms with E-state index in [-0.39, 0.29) is 18.4 Å². The van der Waals surface area contributed by atoms with Crippen molar-refractivity contribution in [1.29, 1.82) is 0 Å². The molecule has 5 heteroatoms. The summed E-state index contributed by atoms with van der Waals surface area (Å²) in [6.07, 6.45) is 1.04. The first-order valence-electron chi connectivity index (χ1n) is 6.47. The summed E-state index contributed by atoms with van der Waals surface area (Å²) in [5.41, 5.74) is 0.501. The standard InChI is InChI=1S/C14H19N3O2/c1-17(12-7-8-15-9-12)10-13(18)16-14(19)11-5-3-2-4-6-11/h2-6,12,15H,7-10H2,1H3,(H,16,18,19). The number of carbonyl (C=O) groups excluding carboxylic acids is 2. The molecular formula is C14H19N3O2. The fraction of sp³-hybridized carbons (Fsp3) is 0.429. The van der Waals surface area contributed by atoms with E-state index in [2.05, 4.69) is 10.6 Å². The van der Waals surface area contributed by atoms with Crippen LogP contribution in [0.15, 0.2) is 30.3 Å². The molecule has 2 N–H and O–H groups in total. The van der Waals surface area contributed by atoms with Gasteiger partial charge in [-0.2, -0.15) is 0 Å². The molecule has 0 bridgehead atoms. The second-order valence-electron chi connectivity index (χ2n) is 4.81. The summed E-state index contributed by atoms with van der Waals surface area (Å²) in [6, 6.07) is 9.13. The minimum atomic E-state index is -0.344. The van der Waals surface area contributed by atoms with Gasteiger partial charge in [0.15, 0.2) is 0 Å². The van der Waals surface area contributed by atoms with Gasteiger partial charge < -0.3 is 5.32 Å². The Balaban J connectivity index is 1.82. The van der Waals surface area contributed by atoms with Gasteiger partial charge in [0.05, 0.1) is 6.54 Å². The largest absolute Gasteiger partial charge is 0.315 e. The van der Waals surface area contributed by atoms with Crippen molar-refractivity contribution in [2.24, 2.45) is 0 Å². The normalized spacial score (nSPS) is 18.5. The number of rotatable bonds is 4. The van der Waals surface area contributed by atoms with Crippen LogP contribution in [0.3, 0.4) is 0 Å². The van der Waals surface area contributed by atoms with Crippen molar-refractivity contribution in [1.82, 2.24) is 15.5 Å². The van der Waals surface area contributed by atoms with Gasteiger partial charge >= 0.3 is 0 Å². The molecule has 2 rings (SSSR count). The molecule has 1 atom stereocenters. The highest BCUT2D eigenvalue weighted by Crippen LogP contribution is 2.05. The van der Waals surface area contributed by atoms with Crippen molar-refractivity contribution < 1.29 is 9.59 Å². The fourth-order valence-electron chi connectivity index (χ4n) is 2.20. The van der Waals surface area contributed by atoms with Crippen LogP contribution >= 0.6 is 0 Å². The van der Waals surface area contributed by atoms with Crippen molar-refractivity contribution in [2.45, 2.75) is 12.5 Å². The van der Waals surface area contributed by atoms with Crippen LogP contribution in [0.1, 0.15) is 16.8 Å². The first-order valence-corrected chi connectivity index (χ1v) is 6.47. The van der Waals surface area contributed by atoms with Crippen LogP contribution in [-0.4, -0.2) is 49.4 Å². The number of hydrogen-bond acceptors (Lipinski definition) is 4. The smallest absolute Gasteiger partial charge is 0.257 e. The van der Waals surface area contributed by atoms with Crippen LogP contribution in [0.2, 0.25) is 0 Å². The van der Waals surface area contributed by atoms with Crippen molar-refractivity contribution in [3.05, 3.63) is 35.9 Å². The third-order valence-corrected chi connectivity index (χ3v) is 3.34. The summed E-state index contributed by atoms with van der Waals surface area (Å²) in [4.78, 5) is 25.6. The third-order valence-electron chi connectivity index (χ3n) is 3.34. The monoisotopic (exact) mass is 261 g/mol. The molecule has 0 aromatic heterocycles. The second kappa shape index (κ2) is 6.45. The van der Waals surface area contributed by atoms with E-state index in [1.54, 1.807) is 24.3 Å². The Morgan fingerprint density at radius 3 is 2.74 bits per heavy atom. The molecule has 102 valence electrons. The Kier molecular flexibility index (Phi) is 4.65. The van der Waals surface area contributed by atoms with Crippen molar-refractivity contribution in [2.75, 3.05) is 26.7 Å². The Hall–Kier alpha value is -1.72. The molecule has 0 aliphatic carbocycles. The van der Waals surface area contributed by atoms with Crippen LogP contribution in [0, 0.1) is 0 Å². The quantitative estimate of drug-likeness (QED) is 0.815. The highest BCUT2D eigenvalue weighted by molar-refractivity contribution is 6.05. The Morgan fingerprint density at radius 2 is 2.11 bits per heavy atom. The summed E-state index contributed by atoms with van der Waals surface area (Å²) in [6.45, 7) is 2.13. The van der Waals surface area contributed by atoms with Crippen molar-refractivity contribution in [3.8, 4) is 0 Å². The Morgan fingerprint density at radius 1 is 1.37 bits per heavy atom. The van der Waals surface area contributed by atoms with Crippen LogP contribution in [0.4, 0.5) is 0 Å². The molecule has 19 heavy (non-hydrogen) atoms. The van der Waals surface area contributed by atoms with Gasteiger partial charge in [0.2, 0.25) is 5.91 Å². The zero-order valence-corrected chi connectivity index (χ0v) is 11.1. The first-order chi connectivity index (χ1) is 9.16. The van der Waals surface area contributed by atoms with Crippen LogP contribution < -0.4 is 10.6 Å². The molecule has 0 radical (unpaired) electrons. The van der Waals surface area contributed by atoms with E-state index in [1.807, 2.05) is 18.0 Å². The van der Waals surface area contributed by atoms with Crippen LogP contribution in [0.25, 0.3) is 0 Å². The average Bonchev–Trinajstić information content (AvgIpc) is 2.93. The molecule has 2 amide bonds. The van der Waals surface area contributed by atoms with Gasteiger partial charge in [0.25, 0.3) is 5.91 Å². The molecule has 1 fully saturated rings. The number of benzene rings is 1. The molecule has 0 spiro atoms. The number of likely N-dealkylation sites (N-methyl/N-ethyl adjacent to an activating group) is 1. The number of nitrogens with zero attached hydrogens (tertiary/aromatic N) is 1. The second-order valence-corrected chi connectivity index (χ2v) is 4.81. The molecule has 1 aromatic carbocycles. The van der Waals surface area contributed by atoms with E-state index in [9.17, 15) is 9.59 Å². The van der Waals surface area contributed by atoms with E-state index in [0.717, 1.165) is 19.5 Å². The summed E-state index contributed by atoms with van der Waals surface area (Å²) in [5, 5.41) is 5.66. The molecule has 1 heterocycles. The van der Waals surface area contributed by atoms with Crippen molar-refractivity contribution in [3.63, 3.8) is 0 Å². The lowest BCUT2D eigenvalue weighted by molar-refractivity contribution is -0.121.